The van der Waals surface area contributed by atoms with Crippen molar-refractivity contribution in [3.8, 4) is 0 Å². The van der Waals surface area contributed by atoms with Crippen LogP contribution in [0.2, 0.25) is 0 Å². The Balaban J connectivity index is 1.46. The van der Waals surface area contributed by atoms with Crippen LogP contribution in [0, 0.1) is 0 Å². The average molecular weight is 335 g/mol. The molecule has 7 heteroatoms. The lowest BCUT2D eigenvalue weighted by Crippen LogP contribution is -2.46. The van der Waals surface area contributed by atoms with Crippen LogP contribution in [-0.4, -0.2) is 59.1 Å². The largest absolute Gasteiger partial charge is 0.445 e. The number of likely N-dealkylation sites (tertiary alicyclic amines) is 1. The molecule has 0 bridgehead atoms. The van der Waals surface area contributed by atoms with Crippen molar-refractivity contribution in [1.82, 2.24) is 4.90 Å². The molecule has 3 saturated heterocycles. The fraction of sp³-hybridized carbons (Fsp3) is 0.588. The highest BCUT2D eigenvalue weighted by Crippen LogP contribution is 2.43. The second kappa shape index (κ2) is 5.70. The molecular formula is C17H21NO6. The highest BCUT2D eigenvalue weighted by atomic mass is 16.8. The molecule has 0 spiro atoms. The first kappa shape index (κ1) is 15.8. The van der Waals surface area contributed by atoms with Gasteiger partial charge in [0.2, 0.25) is 0 Å². The van der Waals surface area contributed by atoms with E-state index in [4.69, 9.17) is 18.9 Å². The summed E-state index contributed by atoms with van der Waals surface area (Å²) >= 11 is 0. The average Bonchev–Trinajstić information content (AvgIpc) is 3.14. The lowest BCUT2D eigenvalue weighted by atomic mass is 10.1. The van der Waals surface area contributed by atoms with Gasteiger partial charge in [-0.1, -0.05) is 30.3 Å². The molecule has 1 aromatic carbocycles. The Labute approximate surface area is 140 Å². The molecule has 3 aliphatic rings. The van der Waals surface area contributed by atoms with Gasteiger partial charge < -0.3 is 24.1 Å². The minimum atomic E-state index is -0.778. The van der Waals surface area contributed by atoms with Gasteiger partial charge in [0.1, 0.15) is 24.9 Å². The predicted molar refractivity (Wildman–Crippen MR) is 81.8 cm³/mol. The van der Waals surface area contributed by atoms with Crippen LogP contribution in [0.5, 0.6) is 0 Å². The van der Waals surface area contributed by atoms with Crippen LogP contribution >= 0.6 is 0 Å². The second-order valence-electron chi connectivity index (χ2n) is 6.82. The molecule has 1 amide bonds. The molecule has 3 aliphatic heterocycles. The van der Waals surface area contributed by atoms with E-state index in [1.807, 2.05) is 30.3 Å². The van der Waals surface area contributed by atoms with Gasteiger partial charge in [-0.2, -0.15) is 0 Å². The Hall–Kier alpha value is -1.67. The van der Waals surface area contributed by atoms with Crippen LogP contribution < -0.4 is 0 Å². The topological polar surface area (TPSA) is 77.5 Å². The van der Waals surface area contributed by atoms with Crippen LogP contribution in [0.1, 0.15) is 19.4 Å². The summed E-state index contributed by atoms with van der Waals surface area (Å²) in [7, 11) is 0. The van der Waals surface area contributed by atoms with E-state index in [0.717, 1.165) is 5.56 Å². The van der Waals surface area contributed by atoms with Crippen molar-refractivity contribution in [3.05, 3.63) is 35.9 Å². The van der Waals surface area contributed by atoms with Crippen LogP contribution in [-0.2, 0) is 25.6 Å². The zero-order chi connectivity index (χ0) is 16.9. The molecule has 130 valence electrons. The Kier molecular flexibility index (Phi) is 3.76. The number of aliphatic hydroxyl groups is 1. The Morgan fingerprint density at radius 3 is 2.79 bits per heavy atom. The van der Waals surface area contributed by atoms with Gasteiger partial charge in [0.05, 0.1) is 12.6 Å². The van der Waals surface area contributed by atoms with Gasteiger partial charge in [0.15, 0.2) is 12.1 Å². The van der Waals surface area contributed by atoms with Gasteiger partial charge in [-0.25, -0.2) is 4.79 Å². The first-order valence-electron chi connectivity index (χ1n) is 8.11. The molecule has 0 aliphatic carbocycles. The van der Waals surface area contributed by atoms with Crippen molar-refractivity contribution in [2.75, 3.05) is 6.54 Å². The van der Waals surface area contributed by atoms with Crippen LogP contribution in [0.3, 0.4) is 0 Å². The zero-order valence-corrected chi connectivity index (χ0v) is 13.6. The smallest absolute Gasteiger partial charge is 0.410 e. The Morgan fingerprint density at radius 1 is 1.29 bits per heavy atom. The first-order valence-corrected chi connectivity index (χ1v) is 8.11. The number of benzene rings is 1. The summed E-state index contributed by atoms with van der Waals surface area (Å²) < 4.78 is 22.7. The molecule has 4 rings (SSSR count). The van der Waals surface area contributed by atoms with Gasteiger partial charge >= 0.3 is 6.09 Å². The summed E-state index contributed by atoms with van der Waals surface area (Å²) in [5.41, 5.74) is 0.907. The highest BCUT2D eigenvalue weighted by Gasteiger charge is 2.62. The van der Waals surface area contributed by atoms with E-state index in [1.165, 1.54) is 4.90 Å². The minimum absolute atomic E-state index is 0.163. The van der Waals surface area contributed by atoms with Crippen molar-refractivity contribution in [2.24, 2.45) is 0 Å². The standard InChI is InChI=1S/C17H21NO6/c1-17(2)23-14-12-13(22-15(14)24-17)11(19)8-18(12)16(20)21-9-10-6-4-3-5-7-10/h3-7,11-15,19H,8-9H2,1-2H3/t11-,12?,13+,14+,15+/m1/s1. The number of fused-ring (bicyclic) bond motifs is 3. The molecule has 0 radical (unpaired) electrons. The van der Waals surface area contributed by atoms with Crippen molar-refractivity contribution in [2.45, 2.75) is 56.9 Å². The first-order chi connectivity index (χ1) is 11.4. The van der Waals surface area contributed by atoms with Crippen LogP contribution in [0.15, 0.2) is 30.3 Å². The lowest BCUT2D eigenvalue weighted by molar-refractivity contribution is -0.212. The molecule has 1 N–H and O–H groups in total. The fourth-order valence-corrected chi connectivity index (χ4v) is 3.61. The summed E-state index contributed by atoms with van der Waals surface area (Å²) in [6.07, 6.45) is -2.77. The summed E-state index contributed by atoms with van der Waals surface area (Å²) in [4.78, 5) is 14.0. The summed E-state index contributed by atoms with van der Waals surface area (Å²) in [6, 6.07) is 9.05. The third-order valence-electron chi connectivity index (χ3n) is 4.62. The quantitative estimate of drug-likeness (QED) is 0.876. The molecular weight excluding hydrogens is 314 g/mol. The minimum Gasteiger partial charge on any atom is -0.445 e. The number of carbonyl (C=O) groups excluding carboxylic acids is 1. The zero-order valence-electron chi connectivity index (χ0n) is 13.6. The number of ether oxygens (including phenoxy) is 4. The van der Waals surface area contributed by atoms with Crippen molar-refractivity contribution >= 4 is 6.09 Å². The number of nitrogens with zero attached hydrogens (tertiary/aromatic N) is 1. The van der Waals surface area contributed by atoms with Crippen LogP contribution in [0.4, 0.5) is 4.79 Å². The lowest BCUT2D eigenvalue weighted by Gasteiger charge is -2.27. The molecule has 5 atom stereocenters. The fourth-order valence-electron chi connectivity index (χ4n) is 3.61. The number of aliphatic hydroxyl groups excluding tert-OH is 1. The Bertz CT molecular complexity index is 621. The van der Waals surface area contributed by atoms with E-state index in [0.29, 0.717) is 0 Å². The number of β-amino-alcohol motifs (C(OH)–C–C–N with tert-alkyl or cyclic N) is 1. The van der Waals surface area contributed by atoms with E-state index in [9.17, 15) is 9.90 Å². The van der Waals surface area contributed by atoms with E-state index < -0.39 is 42.5 Å². The summed E-state index contributed by atoms with van der Waals surface area (Å²) in [5.74, 6) is -0.770. The maximum Gasteiger partial charge on any atom is 0.410 e. The van der Waals surface area contributed by atoms with Crippen molar-refractivity contribution < 1.29 is 28.8 Å². The number of hydrogen-bond donors (Lipinski definition) is 1. The molecule has 24 heavy (non-hydrogen) atoms. The van der Waals surface area contributed by atoms with Gasteiger partial charge in [-0.05, 0) is 19.4 Å². The van der Waals surface area contributed by atoms with Gasteiger partial charge in [-0.15, -0.1) is 0 Å². The maximum absolute atomic E-state index is 12.5. The number of carbonyl (C=O) groups is 1. The highest BCUT2D eigenvalue weighted by molar-refractivity contribution is 5.69. The molecule has 3 fully saturated rings. The second-order valence-corrected chi connectivity index (χ2v) is 6.82. The number of amides is 1. The van der Waals surface area contributed by atoms with E-state index in [-0.39, 0.29) is 13.2 Å². The molecule has 7 nitrogen and oxygen atoms in total. The molecule has 0 aromatic heterocycles. The monoisotopic (exact) mass is 335 g/mol. The van der Waals surface area contributed by atoms with E-state index in [1.54, 1.807) is 13.8 Å². The van der Waals surface area contributed by atoms with Gasteiger partial charge in [-0.3, -0.25) is 4.90 Å². The molecule has 3 heterocycles. The number of rotatable bonds is 2. The SMILES string of the molecule is CC1(C)O[C@@H]2O[C@@H]3C([C@@H]2O1)N(C(=O)OCc1ccccc1)C[C@H]3O. The summed E-state index contributed by atoms with van der Waals surface area (Å²) in [6.45, 7) is 3.94. The normalized spacial score (nSPS) is 36.5. The van der Waals surface area contributed by atoms with Gasteiger partial charge in [0, 0.05) is 0 Å². The molecule has 1 unspecified atom stereocenters. The third kappa shape index (κ3) is 2.67. The summed E-state index contributed by atoms with van der Waals surface area (Å²) in [5, 5.41) is 10.2. The molecule has 0 saturated carbocycles. The maximum atomic E-state index is 12.5. The van der Waals surface area contributed by atoms with E-state index >= 15 is 0 Å². The van der Waals surface area contributed by atoms with Crippen LogP contribution in [0.25, 0.3) is 0 Å². The van der Waals surface area contributed by atoms with Crippen molar-refractivity contribution in [1.29, 1.82) is 0 Å². The third-order valence-corrected chi connectivity index (χ3v) is 4.62. The van der Waals surface area contributed by atoms with E-state index in [2.05, 4.69) is 0 Å². The molecule has 1 aromatic rings. The predicted octanol–water partition coefficient (Wildman–Crippen LogP) is 1.24. The van der Waals surface area contributed by atoms with Crippen molar-refractivity contribution in [3.63, 3.8) is 0 Å². The van der Waals surface area contributed by atoms with Gasteiger partial charge in [0.25, 0.3) is 0 Å². The Morgan fingerprint density at radius 2 is 2.04 bits per heavy atom. The number of hydrogen-bond acceptors (Lipinski definition) is 6.